The van der Waals surface area contributed by atoms with Gasteiger partial charge in [0.05, 0.1) is 22.8 Å². The monoisotopic (exact) mass is 534 g/mol. The zero-order chi connectivity index (χ0) is 27.2. The molecule has 14 heteroatoms. The fourth-order valence-electron chi connectivity index (χ4n) is 3.67. The molecule has 5 aromatic rings. The zero-order valence-corrected chi connectivity index (χ0v) is 19.2. The van der Waals surface area contributed by atoms with Crippen LogP contribution in [0, 0.1) is 0 Å². The van der Waals surface area contributed by atoms with Gasteiger partial charge in [-0.05, 0) is 30.3 Å². The molecule has 0 bridgehead atoms. The molecule has 0 atom stereocenters. The van der Waals surface area contributed by atoms with Crippen molar-refractivity contribution in [2.24, 2.45) is 7.05 Å². The summed E-state index contributed by atoms with van der Waals surface area (Å²) in [6.45, 7) is 0. The van der Waals surface area contributed by atoms with Gasteiger partial charge >= 0.3 is 12.4 Å². The molecule has 3 N–H and O–H groups in total. The van der Waals surface area contributed by atoms with Crippen molar-refractivity contribution in [1.29, 1.82) is 0 Å². The minimum atomic E-state index is -4.68. The number of pyridine rings is 1. The van der Waals surface area contributed by atoms with Gasteiger partial charge in [-0.2, -0.15) is 26.3 Å². The molecule has 0 radical (unpaired) electrons. The summed E-state index contributed by atoms with van der Waals surface area (Å²) in [5.74, 6) is -0.0534. The van der Waals surface area contributed by atoms with E-state index in [1.807, 2.05) is 0 Å². The Labute approximate surface area is 209 Å². The average Bonchev–Trinajstić information content (AvgIpc) is 3.44. The third-order valence-corrected chi connectivity index (χ3v) is 5.50. The van der Waals surface area contributed by atoms with Crippen LogP contribution in [0.2, 0.25) is 0 Å². The second-order valence-electron chi connectivity index (χ2n) is 8.12. The summed E-state index contributed by atoms with van der Waals surface area (Å²) in [6.07, 6.45) is -7.22. The fourth-order valence-corrected chi connectivity index (χ4v) is 3.67. The van der Waals surface area contributed by atoms with Crippen molar-refractivity contribution in [2.75, 3.05) is 5.32 Å². The van der Waals surface area contributed by atoms with Gasteiger partial charge in [0.15, 0.2) is 5.82 Å². The average molecular weight is 534 g/mol. The number of aromatic nitrogens is 5. The van der Waals surface area contributed by atoms with E-state index in [2.05, 4.69) is 25.3 Å². The summed E-state index contributed by atoms with van der Waals surface area (Å²) in [7, 11) is 1.69. The topological polar surface area (TPSA) is 101 Å². The molecular weight excluding hydrogens is 518 g/mol. The number of aryl methyl sites for hydroxylation is 1. The van der Waals surface area contributed by atoms with Crippen molar-refractivity contribution in [3.8, 4) is 28.8 Å². The largest absolute Gasteiger partial charge is 0.507 e. The van der Waals surface area contributed by atoms with E-state index in [0.29, 0.717) is 28.9 Å². The number of nitrogens with zero attached hydrogens (tertiary/aromatic N) is 4. The van der Waals surface area contributed by atoms with Gasteiger partial charge in [0.1, 0.15) is 28.6 Å². The summed E-state index contributed by atoms with van der Waals surface area (Å²) >= 11 is 0. The molecule has 0 aliphatic heterocycles. The van der Waals surface area contributed by atoms with Gasteiger partial charge in [-0.3, -0.25) is 4.98 Å². The number of anilines is 2. The van der Waals surface area contributed by atoms with Crippen LogP contribution in [-0.4, -0.2) is 29.6 Å². The molecule has 0 aliphatic rings. The zero-order valence-electron chi connectivity index (χ0n) is 19.2. The third kappa shape index (κ3) is 4.92. The fraction of sp³-hybridized carbons (Fsp3) is 0.125. The Morgan fingerprint density at radius 3 is 2.37 bits per heavy atom. The highest BCUT2D eigenvalue weighted by molar-refractivity contribution is 5.81. The number of aromatic hydroxyl groups is 1. The smallest absolute Gasteiger partial charge is 0.432 e. The maximum atomic E-state index is 12.9. The predicted octanol–water partition coefficient (Wildman–Crippen LogP) is 6.64. The van der Waals surface area contributed by atoms with Crippen molar-refractivity contribution in [2.45, 2.75) is 12.4 Å². The Morgan fingerprint density at radius 1 is 0.921 bits per heavy atom. The number of imidazole rings is 2. The molecule has 0 amide bonds. The van der Waals surface area contributed by atoms with Crippen LogP contribution in [0.4, 0.5) is 38.0 Å². The van der Waals surface area contributed by atoms with Gasteiger partial charge in [-0.15, -0.1) is 0 Å². The molecule has 5 rings (SSSR count). The Hall–Kier alpha value is -4.75. The minimum absolute atomic E-state index is 0.0760. The first-order valence-electron chi connectivity index (χ1n) is 10.8. The minimum Gasteiger partial charge on any atom is -0.507 e. The van der Waals surface area contributed by atoms with Crippen LogP contribution in [0.25, 0.3) is 22.6 Å². The van der Waals surface area contributed by atoms with Crippen LogP contribution in [0.3, 0.4) is 0 Å². The van der Waals surface area contributed by atoms with E-state index >= 15 is 0 Å². The summed E-state index contributed by atoms with van der Waals surface area (Å²) in [6, 6.07) is 10.8. The molecule has 0 spiro atoms. The van der Waals surface area contributed by atoms with Crippen molar-refractivity contribution >= 4 is 22.7 Å². The SMILES string of the molecule is Cn1c(Nc2ccc(C(F)(F)F)c(O)c2)nc2cc(Oc3ccnc(-c4ncc(C(F)(F)F)[nH]4)c3)ccc21. The number of alkyl halides is 6. The van der Waals surface area contributed by atoms with E-state index in [1.54, 1.807) is 29.8 Å². The number of ether oxygens (including phenoxy) is 1. The first-order valence-corrected chi connectivity index (χ1v) is 10.8. The quantitative estimate of drug-likeness (QED) is 0.219. The maximum Gasteiger partial charge on any atom is 0.432 e. The molecule has 0 fully saturated rings. The normalized spacial score (nSPS) is 12.2. The van der Waals surface area contributed by atoms with E-state index in [0.717, 1.165) is 12.1 Å². The Morgan fingerprint density at radius 2 is 1.68 bits per heavy atom. The van der Waals surface area contributed by atoms with Gasteiger partial charge in [0.2, 0.25) is 5.95 Å². The number of phenolic OH excluding ortho intramolecular Hbond substituents is 1. The summed E-state index contributed by atoms with van der Waals surface area (Å²) in [5.41, 5.74) is -0.663. The standard InChI is InChI=1S/C24H16F6N6O2/c1-36-18-5-3-13(38-14-6-7-31-17(10-14)21-32-11-20(35-21)24(28,29)30)9-16(18)34-22(36)33-12-2-4-15(19(37)8-12)23(25,26)27/h2-11,37H,1H3,(H,32,35)(H,33,34). The number of aromatic amines is 1. The molecule has 2 aromatic carbocycles. The molecule has 8 nitrogen and oxygen atoms in total. The van der Waals surface area contributed by atoms with E-state index in [4.69, 9.17) is 4.74 Å². The van der Waals surface area contributed by atoms with E-state index in [-0.39, 0.29) is 23.0 Å². The van der Waals surface area contributed by atoms with Gasteiger partial charge in [-0.25, -0.2) is 9.97 Å². The number of phenols is 1. The van der Waals surface area contributed by atoms with Gasteiger partial charge in [0, 0.05) is 37.1 Å². The lowest BCUT2D eigenvalue weighted by atomic mass is 10.1. The van der Waals surface area contributed by atoms with Crippen LogP contribution in [0.1, 0.15) is 11.3 Å². The highest BCUT2D eigenvalue weighted by Gasteiger charge is 2.34. The second-order valence-corrected chi connectivity index (χ2v) is 8.12. The van der Waals surface area contributed by atoms with Gasteiger partial charge < -0.3 is 24.7 Å². The predicted molar refractivity (Wildman–Crippen MR) is 124 cm³/mol. The first kappa shape index (κ1) is 24.9. The Kier molecular flexibility index (Phi) is 5.88. The van der Waals surface area contributed by atoms with Gasteiger partial charge in [-0.1, -0.05) is 0 Å². The highest BCUT2D eigenvalue weighted by Crippen LogP contribution is 2.38. The Bertz CT molecular complexity index is 1640. The molecular formula is C24H16F6N6O2. The molecule has 0 saturated heterocycles. The van der Waals surface area contributed by atoms with Crippen LogP contribution >= 0.6 is 0 Å². The molecule has 196 valence electrons. The maximum absolute atomic E-state index is 12.9. The molecule has 0 aliphatic carbocycles. The molecule has 38 heavy (non-hydrogen) atoms. The van der Waals surface area contributed by atoms with Crippen LogP contribution in [-0.2, 0) is 19.4 Å². The van der Waals surface area contributed by atoms with Crippen LogP contribution in [0.15, 0.2) is 60.9 Å². The van der Waals surface area contributed by atoms with E-state index in [9.17, 15) is 31.4 Å². The summed E-state index contributed by atoms with van der Waals surface area (Å²) in [5, 5.41) is 12.6. The highest BCUT2D eigenvalue weighted by atomic mass is 19.4. The lowest BCUT2D eigenvalue weighted by Gasteiger charge is -2.11. The molecule has 3 heterocycles. The van der Waals surface area contributed by atoms with E-state index < -0.39 is 29.4 Å². The lowest BCUT2D eigenvalue weighted by Crippen LogP contribution is -2.06. The van der Waals surface area contributed by atoms with Crippen molar-refractivity contribution < 1.29 is 36.2 Å². The number of nitrogens with one attached hydrogen (secondary N) is 2. The summed E-state index contributed by atoms with van der Waals surface area (Å²) < 4.78 is 84.8. The first-order chi connectivity index (χ1) is 17.9. The Balaban J connectivity index is 1.37. The van der Waals surface area contributed by atoms with Crippen LogP contribution in [0.5, 0.6) is 17.2 Å². The molecule has 0 saturated carbocycles. The lowest BCUT2D eigenvalue weighted by molar-refractivity contribution is -0.141. The summed E-state index contributed by atoms with van der Waals surface area (Å²) in [4.78, 5) is 14.4. The number of benzene rings is 2. The van der Waals surface area contributed by atoms with Crippen molar-refractivity contribution in [3.63, 3.8) is 0 Å². The van der Waals surface area contributed by atoms with Crippen LogP contribution < -0.4 is 10.1 Å². The molecule has 3 aromatic heterocycles. The molecule has 0 unspecified atom stereocenters. The number of rotatable bonds is 5. The van der Waals surface area contributed by atoms with Gasteiger partial charge in [0.25, 0.3) is 0 Å². The van der Waals surface area contributed by atoms with Crippen molar-refractivity contribution in [1.82, 2.24) is 24.5 Å². The van der Waals surface area contributed by atoms with E-state index in [1.165, 1.54) is 24.4 Å². The number of H-pyrrole nitrogens is 1. The number of halogens is 6. The number of fused-ring (bicyclic) bond motifs is 1. The van der Waals surface area contributed by atoms with Crippen molar-refractivity contribution in [3.05, 3.63) is 72.2 Å². The third-order valence-electron chi connectivity index (χ3n) is 5.50. The number of hydrogen-bond donors (Lipinski definition) is 3. The second kappa shape index (κ2) is 8.97. The number of hydrogen-bond acceptors (Lipinski definition) is 6.